The fourth-order valence-electron chi connectivity index (χ4n) is 3.92. The molecule has 5 aromatic rings. The second-order valence-electron chi connectivity index (χ2n) is 8.16. The summed E-state index contributed by atoms with van der Waals surface area (Å²) in [5, 5.41) is 17.2. The summed E-state index contributed by atoms with van der Waals surface area (Å²) in [7, 11) is 0. The predicted molar refractivity (Wildman–Crippen MR) is 144 cm³/mol. The first-order valence-electron chi connectivity index (χ1n) is 11.7. The second-order valence-corrected chi connectivity index (χ2v) is 8.59. The molecule has 0 aliphatic carbocycles. The van der Waals surface area contributed by atoms with E-state index in [-0.39, 0.29) is 34.5 Å². The Balaban J connectivity index is 1.67. The van der Waals surface area contributed by atoms with Crippen LogP contribution in [0.2, 0.25) is 5.02 Å². The maximum Gasteiger partial charge on any atom is 0.344 e. The molecule has 0 N–H and O–H groups in total. The Labute approximate surface area is 225 Å². The van der Waals surface area contributed by atoms with Crippen LogP contribution in [0.25, 0.3) is 33.5 Å². The zero-order valence-corrected chi connectivity index (χ0v) is 21.1. The molecule has 0 aliphatic heterocycles. The lowest BCUT2D eigenvalue weighted by molar-refractivity contribution is -0.385. The number of hydrogen-bond donors (Lipinski definition) is 0. The van der Waals surface area contributed by atoms with Gasteiger partial charge in [-0.3, -0.25) is 14.9 Å². The van der Waals surface area contributed by atoms with Gasteiger partial charge in [0.2, 0.25) is 11.6 Å². The molecule has 5 rings (SSSR count). The first-order chi connectivity index (χ1) is 18.9. The van der Waals surface area contributed by atoms with Crippen LogP contribution in [-0.2, 0) is 9.53 Å². The van der Waals surface area contributed by atoms with Crippen molar-refractivity contribution in [2.75, 3.05) is 13.2 Å². The first-order valence-corrected chi connectivity index (χ1v) is 12.0. The molecule has 0 saturated carbocycles. The SMILES string of the molecule is CCOC(=O)COc1c(C=Nn2c(-c3cc4ccccc4o3)nc3ccccc3c2=O)cc(Cl)cc1[N+](=O)[O-]. The van der Waals surface area contributed by atoms with Gasteiger partial charge in [0.25, 0.3) is 5.56 Å². The largest absolute Gasteiger partial charge is 0.474 e. The minimum Gasteiger partial charge on any atom is -0.474 e. The average Bonchev–Trinajstić information content (AvgIpc) is 3.36. The van der Waals surface area contributed by atoms with Crippen LogP contribution in [-0.4, -0.2) is 40.0 Å². The Morgan fingerprint density at radius 3 is 2.72 bits per heavy atom. The van der Waals surface area contributed by atoms with Crippen molar-refractivity contribution in [2.45, 2.75) is 6.92 Å². The summed E-state index contributed by atoms with van der Waals surface area (Å²) in [6.45, 7) is 1.15. The molecular weight excluding hydrogens is 528 g/mol. The van der Waals surface area contributed by atoms with Gasteiger partial charge in [-0.25, -0.2) is 9.78 Å². The van der Waals surface area contributed by atoms with E-state index in [1.165, 1.54) is 12.3 Å². The summed E-state index contributed by atoms with van der Waals surface area (Å²) in [6, 6.07) is 18.2. The van der Waals surface area contributed by atoms with Crippen LogP contribution >= 0.6 is 11.6 Å². The van der Waals surface area contributed by atoms with Crippen molar-refractivity contribution in [3.8, 4) is 17.3 Å². The Morgan fingerprint density at radius 2 is 1.95 bits per heavy atom. The van der Waals surface area contributed by atoms with Crippen molar-refractivity contribution >= 4 is 51.3 Å². The monoisotopic (exact) mass is 546 g/mol. The van der Waals surface area contributed by atoms with E-state index >= 15 is 0 Å². The number of carbonyl (C=O) groups excluding carboxylic acids is 1. The number of esters is 1. The molecule has 0 unspecified atom stereocenters. The van der Waals surface area contributed by atoms with Gasteiger partial charge in [0.1, 0.15) is 5.58 Å². The molecule has 3 aromatic carbocycles. The molecule has 12 heteroatoms. The first kappa shape index (κ1) is 25.6. The normalized spacial score (nSPS) is 11.3. The van der Waals surface area contributed by atoms with Gasteiger partial charge in [-0.15, -0.1) is 0 Å². The molecule has 0 spiro atoms. The van der Waals surface area contributed by atoms with E-state index in [1.807, 2.05) is 18.2 Å². The van der Waals surface area contributed by atoms with Gasteiger partial charge in [0.15, 0.2) is 12.4 Å². The number of ether oxygens (including phenoxy) is 2. The van der Waals surface area contributed by atoms with E-state index in [4.69, 9.17) is 25.5 Å². The number of hydrogen-bond acceptors (Lipinski definition) is 9. The number of nitrogens with zero attached hydrogens (tertiary/aromatic N) is 4. The lowest BCUT2D eigenvalue weighted by Crippen LogP contribution is -2.20. The van der Waals surface area contributed by atoms with E-state index in [0.717, 1.165) is 16.1 Å². The molecule has 0 saturated heterocycles. The van der Waals surface area contributed by atoms with Gasteiger partial charge >= 0.3 is 11.7 Å². The maximum atomic E-state index is 13.5. The fourth-order valence-corrected chi connectivity index (χ4v) is 4.15. The highest BCUT2D eigenvalue weighted by molar-refractivity contribution is 6.31. The molecule has 2 aromatic heterocycles. The summed E-state index contributed by atoms with van der Waals surface area (Å²) >= 11 is 6.13. The third kappa shape index (κ3) is 5.20. The van der Waals surface area contributed by atoms with Gasteiger partial charge < -0.3 is 13.9 Å². The quantitative estimate of drug-likeness (QED) is 0.112. The van der Waals surface area contributed by atoms with Crippen molar-refractivity contribution in [2.24, 2.45) is 5.10 Å². The maximum absolute atomic E-state index is 13.5. The highest BCUT2D eigenvalue weighted by Gasteiger charge is 2.22. The highest BCUT2D eigenvalue weighted by atomic mass is 35.5. The Kier molecular flexibility index (Phi) is 7.06. The van der Waals surface area contributed by atoms with Crippen molar-refractivity contribution < 1.29 is 23.6 Å². The third-order valence-corrected chi connectivity index (χ3v) is 5.83. The molecular formula is C27H19ClN4O7. The minimum atomic E-state index is -0.716. The number of halogens is 1. The zero-order valence-electron chi connectivity index (χ0n) is 20.4. The summed E-state index contributed by atoms with van der Waals surface area (Å²) < 4.78 is 17.3. The third-order valence-electron chi connectivity index (χ3n) is 5.61. The minimum absolute atomic E-state index is 0.0214. The average molecular weight is 547 g/mol. The summed E-state index contributed by atoms with van der Waals surface area (Å²) in [4.78, 5) is 41.0. The lowest BCUT2D eigenvalue weighted by atomic mass is 10.2. The Morgan fingerprint density at radius 1 is 1.18 bits per heavy atom. The van der Waals surface area contributed by atoms with Crippen LogP contribution in [0.1, 0.15) is 12.5 Å². The van der Waals surface area contributed by atoms with Crippen LogP contribution < -0.4 is 10.3 Å². The van der Waals surface area contributed by atoms with Crippen LogP contribution in [0.3, 0.4) is 0 Å². The number of fused-ring (bicyclic) bond motifs is 2. The fraction of sp³-hybridized carbons (Fsp3) is 0.111. The lowest BCUT2D eigenvalue weighted by Gasteiger charge is -2.10. The number of aromatic nitrogens is 2. The highest BCUT2D eigenvalue weighted by Crippen LogP contribution is 2.34. The van der Waals surface area contributed by atoms with Crippen molar-refractivity contribution in [3.05, 3.63) is 97.8 Å². The van der Waals surface area contributed by atoms with Crippen LogP contribution in [0.15, 0.2) is 81.0 Å². The Hall–Kier alpha value is -5.03. The van der Waals surface area contributed by atoms with E-state index < -0.39 is 28.7 Å². The molecule has 11 nitrogen and oxygen atoms in total. The smallest absolute Gasteiger partial charge is 0.344 e. The molecule has 0 radical (unpaired) electrons. The standard InChI is InChI=1S/C27H19ClN4O7/c1-2-37-24(33)15-38-25-17(11-18(28)13-21(25)32(35)36)14-29-31-26(23-12-16-7-3-6-10-22(16)39-23)30-20-9-5-4-8-19(20)27(31)34/h3-14H,2,15H2,1H3. The van der Waals surface area contributed by atoms with E-state index in [0.29, 0.717) is 16.5 Å². The van der Waals surface area contributed by atoms with E-state index in [1.54, 1.807) is 43.3 Å². The van der Waals surface area contributed by atoms with Gasteiger partial charge in [-0.1, -0.05) is 41.9 Å². The topological polar surface area (TPSA) is 139 Å². The second kappa shape index (κ2) is 10.8. The Bertz CT molecular complexity index is 1790. The van der Waals surface area contributed by atoms with Crippen LogP contribution in [0, 0.1) is 10.1 Å². The number of nitro benzene ring substituents is 1. The number of carbonyl (C=O) groups is 1. The van der Waals surface area contributed by atoms with Crippen molar-refractivity contribution in [3.63, 3.8) is 0 Å². The summed E-state index contributed by atoms with van der Waals surface area (Å²) in [5.41, 5.74) is 0.0773. The number of rotatable bonds is 8. The molecule has 0 amide bonds. The van der Waals surface area contributed by atoms with Gasteiger partial charge in [0, 0.05) is 22.0 Å². The summed E-state index contributed by atoms with van der Waals surface area (Å²) in [6.07, 6.45) is 1.17. The molecule has 0 fully saturated rings. The molecule has 0 atom stereocenters. The van der Waals surface area contributed by atoms with E-state index in [2.05, 4.69) is 10.1 Å². The van der Waals surface area contributed by atoms with Crippen LogP contribution in [0.5, 0.6) is 5.75 Å². The van der Waals surface area contributed by atoms with Gasteiger partial charge in [-0.05, 0) is 37.3 Å². The van der Waals surface area contributed by atoms with Crippen LogP contribution in [0.4, 0.5) is 5.69 Å². The number of para-hydroxylation sites is 2. The molecule has 2 heterocycles. The number of nitro groups is 1. The molecule has 0 bridgehead atoms. The molecule has 196 valence electrons. The predicted octanol–water partition coefficient (Wildman–Crippen LogP) is 5.20. The van der Waals surface area contributed by atoms with E-state index in [9.17, 15) is 19.7 Å². The zero-order chi connectivity index (χ0) is 27.5. The summed E-state index contributed by atoms with van der Waals surface area (Å²) in [5.74, 6) is -0.594. The number of benzene rings is 3. The molecule has 39 heavy (non-hydrogen) atoms. The molecule has 0 aliphatic rings. The van der Waals surface area contributed by atoms with Gasteiger partial charge in [-0.2, -0.15) is 9.78 Å². The van der Waals surface area contributed by atoms with Gasteiger partial charge in [0.05, 0.1) is 28.6 Å². The van der Waals surface area contributed by atoms with Crippen molar-refractivity contribution in [1.29, 1.82) is 0 Å². The van der Waals surface area contributed by atoms with Crippen molar-refractivity contribution in [1.82, 2.24) is 9.66 Å². The number of furan rings is 1.